The summed E-state index contributed by atoms with van der Waals surface area (Å²) in [6.07, 6.45) is 2.61. The summed E-state index contributed by atoms with van der Waals surface area (Å²) in [4.78, 5) is 16.3. The van der Waals surface area contributed by atoms with E-state index in [0.717, 1.165) is 17.1 Å². The Balaban J connectivity index is 2.18. The zero-order valence-corrected chi connectivity index (χ0v) is 12.6. The number of aryl methyl sites for hydroxylation is 2. The number of thiophene rings is 1. The van der Waals surface area contributed by atoms with E-state index in [9.17, 15) is 4.79 Å². The Morgan fingerprint density at radius 2 is 2.26 bits per heavy atom. The lowest BCUT2D eigenvalue weighted by Gasteiger charge is -2.22. The molecule has 0 saturated carbocycles. The molecule has 0 saturated heterocycles. The van der Waals surface area contributed by atoms with Crippen molar-refractivity contribution in [2.24, 2.45) is 0 Å². The van der Waals surface area contributed by atoms with Gasteiger partial charge in [0.1, 0.15) is 5.76 Å². The van der Waals surface area contributed by atoms with Crippen LogP contribution in [0.5, 0.6) is 0 Å². The quantitative estimate of drug-likeness (QED) is 0.845. The minimum absolute atomic E-state index is 0.0525. The van der Waals surface area contributed by atoms with E-state index in [-0.39, 0.29) is 11.9 Å². The minimum atomic E-state index is -0.0602. The fourth-order valence-corrected chi connectivity index (χ4v) is 3.14. The fraction of sp³-hybridized carbons (Fsp3) is 0.400. The van der Waals surface area contributed by atoms with Gasteiger partial charge in [0.25, 0.3) is 5.91 Å². The SMILES string of the molecule is CCc1sc(C(=O)N(C)C(C)c2ccco2)cc1C. The van der Waals surface area contributed by atoms with Crippen molar-refractivity contribution in [1.82, 2.24) is 4.90 Å². The van der Waals surface area contributed by atoms with E-state index in [1.807, 2.05) is 32.2 Å². The van der Waals surface area contributed by atoms with Gasteiger partial charge in [-0.25, -0.2) is 0 Å². The van der Waals surface area contributed by atoms with Gasteiger partial charge in [0, 0.05) is 11.9 Å². The number of nitrogens with zero attached hydrogens (tertiary/aromatic N) is 1. The molecular formula is C15H19NO2S. The van der Waals surface area contributed by atoms with Gasteiger partial charge in [-0.15, -0.1) is 11.3 Å². The van der Waals surface area contributed by atoms with Crippen LogP contribution in [-0.4, -0.2) is 17.9 Å². The molecule has 0 aliphatic carbocycles. The number of amides is 1. The molecule has 0 spiro atoms. The highest BCUT2D eigenvalue weighted by atomic mass is 32.1. The van der Waals surface area contributed by atoms with Crippen molar-refractivity contribution < 1.29 is 9.21 Å². The van der Waals surface area contributed by atoms with Crippen LogP contribution in [0.2, 0.25) is 0 Å². The Kier molecular flexibility index (Phi) is 4.10. The summed E-state index contributed by atoms with van der Waals surface area (Å²) in [5.74, 6) is 0.858. The minimum Gasteiger partial charge on any atom is -0.467 e. The summed E-state index contributed by atoms with van der Waals surface area (Å²) in [6, 6.07) is 5.66. The zero-order chi connectivity index (χ0) is 14.0. The predicted octanol–water partition coefficient (Wildman–Crippen LogP) is 4.05. The van der Waals surface area contributed by atoms with Crippen LogP contribution < -0.4 is 0 Å². The summed E-state index contributed by atoms with van der Waals surface area (Å²) in [6.45, 7) is 6.14. The Hall–Kier alpha value is -1.55. The summed E-state index contributed by atoms with van der Waals surface area (Å²) in [7, 11) is 1.82. The third-order valence-corrected chi connectivity index (χ3v) is 4.78. The number of rotatable bonds is 4. The molecule has 4 heteroatoms. The fourth-order valence-electron chi connectivity index (χ4n) is 2.05. The summed E-state index contributed by atoms with van der Waals surface area (Å²) < 4.78 is 5.36. The monoisotopic (exact) mass is 277 g/mol. The van der Waals surface area contributed by atoms with Gasteiger partial charge in [-0.1, -0.05) is 6.92 Å². The maximum absolute atomic E-state index is 12.5. The highest BCUT2D eigenvalue weighted by Crippen LogP contribution is 2.26. The number of carbonyl (C=O) groups is 1. The predicted molar refractivity (Wildman–Crippen MR) is 77.7 cm³/mol. The van der Waals surface area contributed by atoms with Crippen molar-refractivity contribution >= 4 is 17.2 Å². The molecule has 102 valence electrons. The Morgan fingerprint density at radius 3 is 2.79 bits per heavy atom. The van der Waals surface area contributed by atoms with Gasteiger partial charge in [0.05, 0.1) is 17.2 Å². The average molecular weight is 277 g/mol. The molecule has 2 heterocycles. The van der Waals surface area contributed by atoms with Crippen LogP contribution in [0.1, 0.15) is 45.8 Å². The third-order valence-electron chi connectivity index (χ3n) is 3.41. The van der Waals surface area contributed by atoms with E-state index < -0.39 is 0 Å². The van der Waals surface area contributed by atoms with Crippen molar-refractivity contribution in [2.75, 3.05) is 7.05 Å². The Labute approximate surface area is 117 Å². The molecule has 0 fully saturated rings. The highest BCUT2D eigenvalue weighted by molar-refractivity contribution is 7.14. The molecule has 19 heavy (non-hydrogen) atoms. The molecule has 2 rings (SSSR count). The third kappa shape index (κ3) is 2.73. The molecule has 0 aliphatic heterocycles. The van der Waals surface area contributed by atoms with Crippen LogP contribution in [0.25, 0.3) is 0 Å². The second-order valence-electron chi connectivity index (χ2n) is 4.68. The van der Waals surface area contributed by atoms with Crippen LogP contribution in [-0.2, 0) is 6.42 Å². The highest BCUT2D eigenvalue weighted by Gasteiger charge is 2.22. The Bertz CT molecular complexity index is 557. The van der Waals surface area contributed by atoms with Crippen molar-refractivity contribution in [3.05, 3.63) is 45.5 Å². The molecule has 2 aromatic heterocycles. The molecule has 0 bridgehead atoms. The van der Waals surface area contributed by atoms with Gasteiger partial charge in [0.15, 0.2) is 0 Å². The smallest absolute Gasteiger partial charge is 0.264 e. The summed E-state index contributed by atoms with van der Waals surface area (Å²) >= 11 is 1.59. The maximum atomic E-state index is 12.5. The lowest BCUT2D eigenvalue weighted by molar-refractivity contribution is 0.0731. The molecule has 0 aliphatic rings. The van der Waals surface area contributed by atoms with E-state index in [0.29, 0.717) is 0 Å². The van der Waals surface area contributed by atoms with Crippen molar-refractivity contribution in [1.29, 1.82) is 0 Å². The van der Waals surface area contributed by atoms with Gasteiger partial charge in [0.2, 0.25) is 0 Å². The van der Waals surface area contributed by atoms with E-state index in [1.54, 1.807) is 22.5 Å². The molecule has 2 aromatic rings. The zero-order valence-electron chi connectivity index (χ0n) is 11.8. The van der Waals surface area contributed by atoms with E-state index >= 15 is 0 Å². The molecule has 0 aromatic carbocycles. The van der Waals surface area contributed by atoms with E-state index in [4.69, 9.17) is 4.42 Å². The van der Waals surface area contributed by atoms with Gasteiger partial charge in [-0.05, 0) is 44.0 Å². The van der Waals surface area contributed by atoms with Gasteiger partial charge in [-0.2, -0.15) is 0 Å². The van der Waals surface area contributed by atoms with Gasteiger partial charge < -0.3 is 9.32 Å². The first-order valence-corrected chi connectivity index (χ1v) is 7.26. The molecular weight excluding hydrogens is 258 g/mol. The van der Waals surface area contributed by atoms with E-state index in [2.05, 4.69) is 13.8 Å². The van der Waals surface area contributed by atoms with Crippen molar-refractivity contribution in [3.63, 3.8) is 0 Å². The molecule has 3 nitrogen and oxygen atoms in total. The number of hydrogen-bond acceptors (Lipinski definition) is 3. The van der Waals surface area contributed by atoms with E-state index in [1.165, 1.54) is 10.4 Å². The lowest BCUT2D eigenvalue weighted by atomic mass is 10.2. The van der Waals surface area contributed by atoms with Gasteiger partial charge >= 0.3 is 0 Å². The number of carbonyl (C=O) groups excluding carboxylic acids is 1. The summed E-state index contributed by atoms with van der Waals surface area (Å²) in [5, 5.41) is 0. The van der Waals surface area contributed by atoms with Crippen molar-refractivity contribution in [3.8, 4) is 0 Å². The topological polar surface area (TPSA) is 33.5 Å². The molecule has 1 amide bonds. The number of furan rings is 1. The molecule has 0 radical (unpaired) electrons. The molecule has 1 atom stereocenters. The second-order valence-corrected chi connectivity index (χ2v) is 5.81. The molecule has 0 N–H and O–H groups in total. The van der Waals surface area contributed by atoms with Crippen molar-refractivity contribution in [2.45, 2.75) is 33.2 Å². The first kappa shape index (κ1) is 13.9. The van der Waals surface area contributed by atoms with Crippen LogP contribution in [0, 0.1) is 6.92 Å². The average Bonchev–Trinajstić information content (AvgIpc) is 3.05. The first-order valence-electron chi connectivity index (χ1n) is 6.44. The lowest BCUT2D eigenvalue weighted by Crippen LogP contribution is -2.28. The molecule has 1 unspecified atom stereocenters. The second kappa shape index (κ2) is 5.61. The summed E-state index contributed by atoms with van der Waals surface area (Å²) in [5.41, 5.74) is 1.20. The van der Waals surface area contributed by atoms with Gasteiger partial charge in [-0.3, -0.25) is 4.79 Å². The maximum Gasteiger partial charge on any atom is 0.264 e. The Morgan fingerprint density at radius 1 is 1.53 bits per heavy atom. The first-order chi connectivity index (χ1) is 9.04. The van der Waals surface area contributed by atoms with Crippen LogP contribution in [0.4, 0.5) is 0 Å². The van der Waals surface area contributed by atoms with Crippen LogP contribution >= 0.6 is 11.3 Å². The number of hydrogen-bond donors (Lipinski definition) is 0. The largest absolute Gasteiger partial charge is 0.467 e. The van der Waals surface area contributed by atoms with Crippen LogP contribution in [0.15, 0.2) is 28.9 Å². The normalized spacial score (nSPS) is 12.4. The van der Waals surface area contributed by atoms with Crippen LogP contribution in [0.3, 0.4) is 0 Å². The standard InChI is InChI=1S/C15H19NO2S/c1-5-13-10(2)9-14(19-13)15(17)16(4)11(3)12-7-6-8-18-12/h6-9,11H,5H2,1-4H3.